The first-order valence-electron chi connectivity index (χ1n) is 9.31. The monoisotopic (exact) mass is 357 g/mol. The van der Waals surface area contributed by atoms with Crippen molar-refractivity contribution in [2.45, 2.75) is 44.8 Å². The van der Waals surface area contributed by atoms with Crippen molar-refractivity contribution in [2.24, 2.45) is 0 Å². The Kier molecular flexibility index (Phi) is 4.63. The van der Waals surface area contributed by atoms with Gasteiger partial charge in [-0.1, -0.05) is 0 Å². The van der Waals surface area contributed by atoms with Crippen LogP contribution in [-0.4, -0.2) is 46.2 Å². The molecule has 0 aliphatic carbocycles. The second kappa shape index (κ2) is 7.07. The van der Waals surface area contributed by atoms with Crippen LogP contribution in [0.2, 0.25) is 0 Å². The predicted octanol–water partition coefficient (Wildman–Crippen LogP) is 1.49. The number of nitrogens with one attached hydrogen (secondary N) is 1. The summed E-state index contributed by atoms with van der Waals surface area (Å²) < 4.78 is 6.73. The summed E-state index contributed by atoms with van der Waals surface area (Å²) in [6, 6.07) is 4.93. The smallest absolute Gasteiger partial charge is 0.328 e. The number of piperidine rings is 1. The van der Waals surface area contributed by atoms with E-state index in [2.05, 4.69) is 4.98 Å². The molecular formula is C19H23N3O4. The number of hydrogen-bond donors (Lipinski definition) is 1. The maximum absolute atomic E-state index is 12.7. The van der Waals surface area contributed by atoms with Gasteiger partial charge in [0.25, 0.3) is 11.5 Å². The third-order valence-electron chi connectivity index (χ3n) is 5.28. The van der Waals surface area contributed by atoms with Crippen molar-refractivity contribution in [3.63, 3.8) is 0 Å². The fraction of sp³-hybridized carbons (Fsp3) is 0.526. The lowest BCUT2D eigenvalue weighted by molar-refractivity contribution is 0.0724. The Morgan fingerprint density at radius 2 is 1.96 bits per heavy atom. The Morgan fingerprint density at radius 3 is 2.69 bits per heavy atom. The van der Waals surface area contributed by atoms with Crippen LogP contribution < -0.4 is 11.2 Å². The van der Waals surface area contributed by atoms with Gasteiger partial charge in [-0.15, -0.1) is 0 Å². The van der Waals surface area contributed by atoms with Gasteiger partial charge < -0.3 is 14.6 Å². The van der Waals surface area contributed by atoms with Crippen LogP contribution in [0.4, 0.5) is 0 Å². The first kappa shape index (κ1) is 17.0. The zero-order valence-corrected chi connectivity index (χ0v) is 14.7. The van der Waals surface area contributed by atoms with Gasteiger partial charge >= 0.3 is 5.69 Å². The lowest BCUT2D eigenvalue weighted by Gasteiger charge is -2.26. The zero-order chi connectivity index (χ0) is 18.1. The summed E-state index contributed by atoms with van der Waals surface area (Å²) >= 11 is 0. The number of carbonyl (C=O) groups is 1. The van der Waals surface area contributed by atoms with Crippen molar-refractivity contribution in [3.8, 4) is 0 Å². The Hall–Kier alpha value is -2.41. The van der Waals surface area contributed by atoms with Gasteiger partial charge in [0.05, 0.1) is 23.6 Å². The number of hydrogen-bond acceptors (Lipinski definition) is 4. The maximum atomic E-state index is 12.7. The highest BCUT2D eigenvalue weighted by Crippen LogP contribution is 2.16. The summed E-state index contributed by atoms with van der Waals surface area (Å²) in [5, 5.41) is 0.415. The number of H-pyrrole nitrogens is 1. The molecule has 2 aromatic rings. The number of fused-ring (bicyclic) bond motifs is 1. The molecule has 0 spiro atoms. The molecule has 1 atom stereocenters. The van der Waals surface area contributed by atoms with Crippen molar-refractivity contribution in [2.75, 3.05) is 19.7 Å². The number of benzene rings is 1. The van der Waals surface area contributed by atoms with Gasteiger partial charge in [-0.3, -0.25) is 14.2 Å². The van der Waals surface area contributed by atoms with Crippen molar-refractivity contribution in [1.29, 1.82) is 0 Å². The largest absolute Gasteiger partial charge is 0.376 e. The first-order valence-corrected chi connectivity index (χ1v) is 9.31. The minimum Gasteiger partial charge on any atom is -0.376 e. The summed E-state index contributed by atoms with van der Waals surface area (Å²) in [4.78, 5) is 42.3. The van der Waals surface area contributed by atoms with Gasteiger partial charge in [0.1, 0.15) is 0 Å². The number of nitrogens with zero attached hydrogens (tertiary/aromatic N) is 2. The van der Waals surface area contributed by atoms with Crippen LogP contribution in [0, 0.1) is 0 Å². The standard InChI is InChI=1S/C19H23N3O4/c23-17(21-8-2-1-3-9-21)13-6-7-15-16(11-13)20-19(25)22(18(15)24)12-14-5-4-10-26-14/h6-7,11,14H,1-5,8-10,12H2,(H,20,25). The molecule has 2 saturated heterocycles. The van der Waals surface area contributed by atoms with Crippen molar-refractivity contribution < 1.29 is 9.53 Å². The van der Waals surface area contributed by atoms with Gasteiger partial charge in [0, 0.05) is 25.3 Å². The number of amides is 1. The molecule has 2 aliphatic rings. The highest BCUT2D eigenvalue weighted by molar-refractivity contribution is 5.97. The molecule has 1 N–H and O–H groups in total. The van der Waals surface area contributed by atoms with Crippen LogP contribution in [0.3, 0.4) is 0 Å². The highest BCUT2D eigenvalue weighted by atomic mass is 16.5. The summed E-state index contributed by atoms with van der Waals surface area (Å²) in [7, 11) is 0. The van der Waals surface area contributed by atoms with Crippen LogP contribution in [-0.2, 0) is 11.3 Å². The Balaban J connectivity index is 1.67. The molecule has 1 aromatic carbocycles. The van der Waals surface area contributed by atoms with Crippen LogP contribution in [0.15, 0.2) is 27.8 Å². The summed E-state index contributed by atoms with van der Waals surface area (Å²) in [5.41, 5.74) is 0.120. The molecule has 1 amide bonds. The third-order valence-corrected chi connectivity index (χ3v) is 5.28. The van der Waals surface area contributed by atoms with E-state index < -0.39 is 5.69 Å². The van der Waals surface area contributed by atoms with E-state index in [1.165, 1.54) is 4.57 Å². The van der Waals surface area contributed by atoms with E-state index >= 15 is 0 Å². The van der Waals surface area contributed by atoms with Gasteiger partial charge in [-0.05, 0) is 50.3 Å². The zero-order valence-electron chi connectivity index (χ0n) is 14.7. The third kappa shape index (κ3) is 3.19. The van der Waals surface area contributed by atoms with E-state index in [1.54, 1.807) is 18.2 Å². The minimum absolute atomic E-state index is 0.0454. The van der Waals surface area contributed by atoms with Crippen LogP contribution in [0.5, 0.6) is 0 Å². The van der Waals surface area contributed by atoms with E-state index in [0.717, 1.165) is 45.2 Å². The lowest BCUT2D eigenvalue weighted by atomic mass is 10.1. The number of aromatic nitrogens is 2. The van der Waals surface area contributed by atoms with E-state index in [-0.39, 0.29) is 24.1 Å². The SMILES string of the molecule is O=C(c1ccc2c(=O)n(CC3CCCO3)c(=O)[nH]c2c1)N1CCCCC1. The molecule has 0 saturated carbocycles. The normalized spacial score (nSPS) is 20.6. The van der Waals surface area contributed by atoms with Gasteiger partial charge in [0.2, 0.25) is 0 Å². The Morgan fingerprint density at radius 1 is 1.15 bits per heavy atom. The molecule has 2 fully saturated rings. The average molecular weight is 357 g/mol. The van der Waals surface area contributed by atoms with E-state index in [1.807, 2.05) is 4.90 Å². The highest BCUT2D eigenvalue weighted by Gasteiger charge is 2.21. The van der Waals surface area contributed by atoms with E-state index in [4.69, 9.17) is 4.74 Å². The van der Waals surface area contributed by atoms with Crippen molar-refractivity contribution in [3.05, 3.63) is 44.6 Å². The molecule has 138 valence electrons. The predicted molar refractivity (Wildman–Crippen MR) is 97.6 cm³/mol. The molecular weight excluding hydrogens is 334 g/mol. The molecule has 1 aromatic heterocycles. The molecule has 4 rings (SSSR count). The quantitative estimate of drug-likeness (QED) is 0.902. The van der Waals surface area contributed by atoms with E-state index in [0.29, 0.717) is 23.1 Å². The first-order chi connectivity index (χ1) is 12.6. The maximum Gasteiger partial charge on any atom is 0.328 e. The minimum atomic E-state index is -0.458. The van der Waals surface area contributed by atoms with Gasteiger partial charge in [0.15, 0.2) is 0 Å². The van der Waals surface area contributed by atoms with Crippen LogP contribution in [0.1, 0.15) is 42.5 Å². The summed E-state index contributed by atoms with van der Waals surface area (Å²) in [6.45, 7) is 2.46. The number of likely N-dealkylation sites (tertiary alicyclic amines) is 1. The van der Waals surface area contributed by atoms with E-state index in [9.17, 15) is 14.4 Å². The van der Waals surface area contributed by atoms with Crippen LogP contribution >= 0.6 is 0 Å². The molecule has 26 heavy (non-hydrogen) atoms. The molecule has 0 radical (unpaired) electrons. The van der Waals surface area contributed by atoms with Gasteiger partial charge in [-0.2, -0.15) is 0 Å². The summed E-state index contributed by atoms with van der Waals surface area (Å²) in [6.07, 6.45) is 4.90. The number of ether oxygens (including phenoxy) is 1. The average Bonchev–Trinajstić information content (AvgIpc) is 3.18. The lowest BCUT2D eigenvalue weighted by Crippen LogP contribution is -2.38. The molecule has 7 heteroatoms. The fourth-order valence-corrected chi connectivity index (χ4v) is 3.82. The fourth-order valence-electron chi connectivity index (χ4n) is 3.82. The van der Waals surface area contributed by atoms with Gasteiger partial charge in [-0.25, -0.2) is 4.79 Å². The van der Waals surface area contributed by atoms with Crippen molar-refractivity contribution >= 4 is 16.8 Å². The van der Waals surface area contributed by atoms with Crippen molar-refractivity contribution in [1.82, 2.24) is 14.5 Å². The topological polar surface area (TPSA) is 84.4 Å². The molecule has 3 heterocycles. The molecule has 7 nitrogen and oxygen atoms in total. The Bertz CT molecular complexity index is 934. The van der Waals surface area contributed by atoms with Crippen LogP contribution in [0.25, 0.3) is 10.9 Å². The number of carbonyl (C=O) groups excluding carboxylic acids is 1. The molecule has 2 aliphatic heterocycles. The summed E-state index contributed by atoms with van der Waals surface area (Å²) in [5.74, 6) is -0.0454. The number of rotatable bonds is 3. The second-order valence-corrected chi connectivity index (χ2v) is 7.09. The number of aromatic amines is 1. The second-order valence-electron chi connectivity index (χ2n) is 7.09. The molecule has 1 unspecified atom stereocenters. The molecule has 0 bridgehead atoms. The Labute approximate surface area is 150 Å².